The number of halogens is 4. The Labute approximate surface area is 106 Å². The van der Waals surface area contributed by atoms with E-state index in [2.05, 4.69) is 15.9 Å². The van der Waals surface area contributed by atoms with Gasteiger partial charge in [-0.15, -0.1) is 0 Å². The van der Waals surface area contributed by atoms with Gasteiger partial charge in [0.25, 0.3) is 0 Å². The largest absolute Gasteiger partial charge is 0.416 e. The summed E-state index contributed by atoms with van der Waals surface area (Å²) in [5, 5.41) is 0. The molecule has 2 N–H and O–H groups in total. The van der Waals surface area contributed by atoms with E-state index in [9.17, 15) is 13.2 Å². The number of benzene rings is 1. The molecule has 0 aliphatic heterocycles. The molecule has 6 heteroatoms. The zero-order chi connectivity index (χ0) is 13.1. The predicted octanol–water partition coefficient (Wildman–Crippen LogP) is 3.24. The molecule has 0 aliphatic carbocycles. The van der Waals surface area contributed by atoms with Gasteiger partial charge in [-0.1, -0.05) is 34.1 Å². The normalized spacial score (nSPS) is 15.6. The van der Waals surface area contributed by atoms with Crippen molar-refractivity contribution in [3.8, 4) is 0 Å². The van der Waals surface area contributed by atoms with E-state index in [1.807, 2.05) is 0 Å². The number of alkyl halides is 3. The van der Waals surface area contributed by atoms with Crippen molar-refractivity contribution in [2.75, 3.05) is 0 Å². The van der Waals surface area contributed by atoms with Crippen molar-refractivity contribution in [1.29, 1.82) is 0 Å². The third-order valence-corrected chi connectivity index (χ3v) is 2.95. The molecule has 2 atom stereocenters. The predicted molar refractivity (Wildman–Crippen MR) is 62.4 cm³/mol. The van der Waals surface area contributed by atoms with Gasteiger partial charge in [0.1, 0.15) is 0 Å². The minimum Gasteiger partial charge on any atom is -0.362 e. The van der Waals surface area contributed by atoms with Crippen molar-refractivity contribution in [3.63, 3.8) is 0 Å². The van der Waals surface area contributed by atoms with Crippen LogP contribution in [0.5, 0.6) is 0 Å². The second-order valence-corrected chi connectivity index (χ2v) is 4.58. The first-order valence-electron chi connectivity index (χ1n) is 4.99. The lowest BCUT2D eigenvalue weighted by atomic mass is 10.2. The second-order valence-electron chi connectivity index (χ2n) is 3.72. The summed E-state index contributed by atoms with van der Waals surface area (Å²) in [4.78, 5) is 0. The minimum absolute atomic E-state index is 0.132. The Morgan fingerprint density at radius 3 is 2.41 bits per heavy atom. The second kappa shape index (κ2) is 5.84. The summed E-state index contributed by atoms with van der Waals surface area (Å²) >= 11 is 3.24. The average Bonchev–Trinajstić information content (AvgIpc) is 2.18. The standard InChI is InChI=1S/C11H13BrF3NO/c1-7(16)10(11(13,14)15)17-6-8-4-2-3-5-9(8)12/h2-5,7,10H,6,16H2,1H3. The molecule has 0 spiro atoms. The van der Waals surface area contributed by atoms with Gasteiger partial charge in [-0.3, -0.25) is 0 Å². The van der Waals surface area contributed by atoms with Crippen LogP contribution in [0.15, 0.2) is 28.7 Å². The highest BCUT2D eigenvalue weighted by atomic mass is 79.9. The molecule has 1 aromatic carbocycles. The quantitative estimate of drug-likeness (QED) is 0.926. The third-order valence-electron chi connectivity index (χ3n) is 2.18. The fraction of sp³-hybridized carbons (Fsp3) is 0.455. The zero-order valence-electron chi connectivity index (χ0n) is 9.17. The molecule has 0 radical (unpaired) electrons. The Morgan fingerprint density at radius 2 is 1.94 bits per heavy atom. The SMILES string of the molecule is CC(N)C(OCc1ccccc1Br)C(F)(F)F. The Morgan fingerprint density at radius 1 is 1.35 bits per heavy atom. The molecule has 0 saturated carbocycles. The van der Waals surface area contributed by atoms with Crippen LogP contribution in [-0.2, 0) is 11.3 Å². The van der Waals surface area contributed by atoms with E-state index in [0.717, 1.165) is 0 Å². The Kier molecular flexibility index (Phi) is 4.97. The number of nitrogens with two attached hydrogens (primary N) is 1. The summed E-state index contributed by atoms with van der Waals surface area (Å²) in [6, 6.07) is 5.85. The van der Waals surface area contributed by atoms with Gasteiger partial charge in [0, 0.05) is 10.5 Å². The third kappa shape index (κ3) is 4.29. The topological polar surface area (TPSA) is 35.2 Å². The van der Waals surface area contributed by atoms with Crippen LogP contribution < -0.4 is 5.73 Å². The highest BCUT2D eigenvalue weighted by Crippen LogP contribution is 2.26. The van der Waals surface area contributed by atoms with E-state index >= 15 is 0 Å². The number of hydrogen-bond acceptors (Lipinski definition) is 2. The van der Waals surface area contributed by atoms with Crippen molar-refractivity contribution in [2.24, 2.45) is 5.73 Å². The summed E-state index contributed by atoms with van der Waals surface area (Å²) in [5.74, 6) is 0. The molecule has 0 heterocycles. The van der Waals surface area contributed by atoms with Crippen molar-refractivity contribution >= 4 is 15.9 Å². The summed E-state index contributed by atoms with van der Waals surface area (Å²) in [5.41, 5.74) is 5.92. The fourth-order valence-electron chi connectivity index (χ4n) is 1.34. The molecule has 2 nitrogen and oxygen atoms in total. The fourth-order valence-corrected chi connectivity index (χ4v) is 1.74. The van der Waals surface area contributed by atoms with Crippen LogP contribution in [0, 0.1) is 0 Å². The van der Waals surface area contributed by atoms with Crippen LogP contribution >= 0.6 is 15.9 Å². The number of rotatable bonds is 4. The van der Waals surface area contributed by atoms with Crippen molar-refractivity contribution in [1.82, 2.24) is 0 Å². The molecular formula is C11H13BrF3NO. The maximum atomic E-state index is 12.6. The van der Waals surface area contributed by atoms with E-state index in [4.69, 9.17) is 10.5 Å². The smallest absolute Gasteiger partial charge is 0.362 e. The first-order valence-corrected chi connectivity index (χ1v) is 5.79. The van der Waals surface area contributed by atoms with Gasteiger partial charge in [0.2, 0.25) is 0 Å². The van der Waals surface area contributed by atoms with E-state index in [1.54, 1.807) is 24.3 Å². The highest BCUT2D eigenvalue weighted by molar-refractivity contribution is 9.10. The maximum Gasteiger partial charge on any atom is 0.416 e. The summed E-state index contributed by atoms with van der Waals surface area (Å²) in [6.07, 6.45) is -6.40. The Hall–Kier alpha value is -0.590. The molecule has 0 aliphatic rings. The molecule has 17 heavy (non-hydrogen) atoms. The molecule has 0 bridgehead atoms. The van der Waals surface area contributed by atoms with Gasteiger partial charge in [-0.2, -0.15) is 13.2 Å². The molecule has 2 unspecified atom stereocenters. The lowest BCUT2D eigenvalue weighted by Crippen LogP contribution is -2.45. The molecule has 0 aromatic heterocycles. The Balaban J connectivity index is 2.68. The summed E-state index contributed by atoms with van der Waals surface area (Å²) < 4.78 is 43.2. The van der Waals surface area contributed by atoms with Crippen molar-refractivity contribution < 1.29 is 17.9 Å². The average molecular weight is 312 g/mol. The molecule has 0 saturated heterocycles. The zero-order valence-corrected chi connectivity index (χ0v) is 10.8. The number of hydrogen-bond donors (Lipinski definition) is 1. The highest BCUT2D eigenvalue weighted by Gasteiger charge is 2.43. The van der Waals surface area contributed by atoms with Crippen molar-refractivity contribution in [2.45, 2.75) is 31.9 Å². The molecule has 96 valence electrons. The van der Waals surface area contributed by atoms with Crippen LogP contribution in [0.3, 0.4) is 0 Å². The first-order chi connectivity index (χ1) is 7.82. The van der Waals surface area contributed by atoms with Gasteiger partial charge in [-0.05, 0) is 18.6 Å². The molecule has 1 aromatic rings. The lowest BCUT2D eigenvalue weighted by molar-refractivity contribution is -0.228. The van der Waals surface area contributed by atoms with E-state index in [1.165, 1.54) is 6.92 Å². The van der Waals surface area contributed by atoms with E-state index in [0.29, 0.717) is 10.0 Å². The molecule has 1 rings (SSSR count). The van der Waals surface area contributed by atoms with Crippen LogP contribution in [-0.4, -0.2) is 18.3 Å². The molecular weight excluding hydrogens is 299 g/mol. The molecule has 0 amide bonds. The molecule has 0 fully saturated rings. The van der Waals surface area contributed by atoms with Gasteiger partial charge < -0.3 is 10.5 Å². The Bertz CT molecular complexity index is 368. The lowest BCUT2D eigenvalue weighted by Gasteiger charge is -2.24. The summed E-state index contributed by atoms with van der Waals surface area (Å²) in [6.45, 7) is 1.14. The minimum atomic E-state index is -4.45. The maximum absolute atomic E-state index is 12.6. The van der Waals surface area contributed by atoms with Gasteiger partial charge >= 0.3 is 6.18 Å². The van der Waals surface area contributed by atoms with E-state index < -0.39 is 18.3 Å². The van der Waals surface area contributed by atoms with Crippen LogP contribution in [0.4, 0.5) is 13.2 Å². The van der Waals surface area contributed by atoms with Gasteiger partial charge in [0.15, 0.2) is 6.10 Å². The van der Waals surface area contributed by atoms with Crippen LogP contribution in [0.2, 0.25) is 0 Å². The van der Waals surface area contributed by atoms with Crippen LogP contribution in [0.25, 0.3) is 0 Å². The first kappa shape index (κ1) is 14.5. The van der Waals surface area contributed by atoms with Gasteiger partial charge in [0.05, 0.1) is 6.61 Å². The summed E-state index contributed by atoms with van der Waals surface area (Å²) in [7, 11) is 0. The monoisotopic (exact) mass is 311 g/mol. The van der Waals surface area contributed by atoms with Gasteiger partial charge in [-0.25, -0.2) is 0 Å². The van der Waals surface area contributed by atoms with E-state index in [-0.39, 0.29) is 6.61 Å². The van der Waals surface area contributed by atoms with Crippen LogP contribution in [0.1, 0.15) is 12.5 Å². The number of ether oxygens (including phenoxy) is 1. The van der Waals surface area contributed by atoms with Crippen molar-refractivity contribution in [3.05, 3.63) is 34.3 Å².